The van der Waals surface area contributed by atoms with E-state index in [-0.39, 0.29) is 6.10 Å². The van der Waals surface area contributed by atoms with E-state index in [0.29, 0.717) is 12.1 Å². The second-order valence-corrected chi connectivity index (χ2v) is 6.21. The Bertz CT molecular complexity index is 426. The minimum atomic E-state index is -0.0629. The molecule has 3 heterocycles. The second kappa shape index (κ2) is 4.07. The van der Waals surface area contributed by atoms with E-state index in [4.69, 9.17) is 0 Å². The third-order valence-electron chi connectivity index (χ3n) is 4.89. The van der Waals surface area contributed by atoms with Crippen molar-refractivity contribution in [1.29, 1.82) is 0 Å². The number of hydrogen-bond acceptors (Lipinski definition) is 3. The normalized spacial score (nSPS) is 36.2. The maximum absolute atomic E-state index is 9.84. The minimum Gasteiger partial charge on any atom is -0.393 e. The number of aliphatic hydroxyl groups is 1. The van der Waals surface area contributed by atoms with Crippen LogP contribution >= 0.6 is 0 Å². The molecular formula is C14H21N3O. The number of aliphatic hydroxyl groups excluding tert-OH is 1. The zero-order valence-corrected chi connectivity index (χ0v) is 10.7. The first-order valence-corrected chi connectivity index (χ1v) is 7.26. The highest BCUT2D eigenvalue weighted by Crippen LogP contribution is 2.39. The third kappa shape index (κ3) is 1.79. The molecule has 0 spiro atoms. The highest BCUT2D eigenvalue weighted by molar-refractivity contribution is 5.06. The molecule has 3 aliphatic rings. The Morgan fingerprint density at radius 1 is 1.11 bits per heavy atom. The largest absolute Gasteiger partial charge is 0.393 e. The number of nitrogens with zero attached hydrogens (tertiary/aromatic N) is 3. The van der Waals surface area contributed by atoms with Crippen molar-refractivity contribution >= 4 is 0 Å². The molecule has 0 radical (unpaired) electrons. The topological polar surface area (TPSA) is 41.3 Å². The average molecular weight is 247 g/mol. The molecule has 2 bridgehead atoms. The number of imidazole rings is 1. The molecule has 2 aliphatic heterocycles. The minimum absolute atomic E-state index is 0.0629. The van der Waals surface area contributed by atoms with E-state index >= 15 is 0 Å². The molecule has 2 atom stereocenters. The monoisotopic (exact) mass is 247 g/mol. The molecule has 1 N–H and O–H groups in total. The first-order chi connectivity index (χ1) is 8.81. The van der Waals surface area contributed by atoms with E-state index in [1.165, 1.54) is 31.4 Å². The number of hydrogen-bond donors (Lipinski definition) is 1. The Morgan fingerprint density at radius 3 is 2.44 bits per heavy atom. The summed E-state index contributed by atoms with van der Waals surface area (Å²) in [6.45, 7) is 1.03. The fraction of sp³-hybridized carbons (Fsp3) is 0.786. The van der Waals surface area contributed by atoms with Gasteiger partial charge in [-0.3, -0.25) is 4.90 Å². The quantitative estimate of drug-likeness (QED) is 0.884. The zero-order chi connectivity index (χ0) is 12.1. The second-order valence-electron chi connectivity index (χ2n) is 6.21. The van der Waals surface area contributed by atoms with Crippen LogP contribution in [0.2, 0.25) is 0 Å². The van der Waals surface area contributed by atoms with Crippen LogP contribution in [-0.2, 0) is 6.54 Å². The highest BCUT2D eigenvalue weighted by Gasteiger charge is 2.40. The van der Waals surface area contributed by atoms with E-state index in [1.54, 1.807) is 0 Å². The van der Waals surface area contributed by atoms with Crippen molar-refractivity contribution in [2.75, 3.05) is 0 Å². The lowest BCUT2D eigenvalue weighted by Crippen LogP contribution is -2.44. The van der Waals surface area contributed by atoms with Crippen LogP contribution in [0.5, 0.6) is 0 Å². The molecule has 4 rings (SSSR count). The fourth-order valence-corrected chi connectivity index (χ4v) is 3.83. The number of rotatable bonds is 3. The Balaban J connectivity index is 1.53. The average Bonchev–Trinajstić information content (AvgIpc) is 3.05. The maximum atomic E-state index is 9.84. The van der Waals surface area contributed by atoms with Crippen LogP contribution in [0.4, 0.5) is 0 Å². The summed E-state index contributed by atoms with van der Waals surface area (Å²) in [5.41, 5.74) is 1.37. The SMILES string of the molecule is OC1CC2CCC(C1)N2Cc1cncn1C1CC1. The van der Waals surface area contributed by atoms with Crippen LogP contribution in [0, 0.1) is 0 Å². The molecule has 4 nitrogen and oxygen atoms in total. The molecule has 0 amide bonds. The maximum Gasteiger partial charge on any atom is 0.0951 e. The standard InChI is InChI=1S/C14H21N3O/c18-14-5-11-3-4-12(6-14)16(11)8-13-7-15-9-17(13)10-1-2-10/h7,9-12,14,18H,1-6,8H2. The fourth-order valence-electron chi connectivity index (χ4n) is 3.83. The molecule has 2 unspecified atom stereocenters. The Kier molecular flexibility index (Phi) is 2.49. The Hall–Kier alpha value is -0.870. The lowest BCUT2D eigenvalue weighted by molar-refractivity contribution is 0.0298. The van der Waals surface area contributed by atoms with Gasteiger partial charge in [-0.15, -0.1) is 0 Å². The lowest BCUT2D eigenvalue weighted by atomic mass is 10.00. The molecule has 1 aromatic heterocycles. The van der Waals surface area contributed by atoms with Crippen molar-refractivity contribution < 1.29 is 5.11 Å². The van der Waals surface area contributed by atoms with Crippen LogP contribution in [0.1, 0.15) is 50.3 Å². The molecule has 98 valence electrons. The van der Waals surface area contributed by atoms with Crippen LogP contribution in [0.25, 0.3) is 0 Å². The van der Waals surface area contributed by atoms with Crippen molar-refractivity contribution in [2.24, 2.45) is 0 Å². The summed E-state index contributed by atoms with van der Waals surface area (Å²) in [6, 6.07) is 1.91. The van der Waals surface area contributed by atoms with Crippen LogP contribution < -0.4 is 0 Å². The van der Waals surface area contributed by atoms with Crippen LogP contribution in [0.3, 0.4) is 0 Å². The molecule has 0 aromatic carbocycles. The molecule has 2 saturated heterocycles. The van der Waals surface area contributed by atoms with Gasteiger partial charge in [-0.25, -0.2) is 4.98 Å². The summed E-state index contributed by atoms with van der Waals surface area (Å²) in [6.07, 6.45) is 11.0. The van der Waals surface area contributed by atoms with E-state index in [0.717, 1.165) is 25.4 Å². The lowest BCUT2D eigenvalue weighted by Gasteiger charge is -2.37. The Labute approximate surface area is 108 Å². The van der Waals surface area contributed by atoms with E-state index in [9.17, 15) is 5.11 Å². The summed E-state index contributed by atoms with van der Waals surface area (Å²) in [5, 5.41) is 9.84. The first kappa shape index (κ1) is 11.0. The molecule has 3 fully saturated rings. The molecule has 4 heteroatoms. The van der Waals surface area contributed by atoms with Gasteiger partial charge in [0.05, 0.1) is 18.1 Å². The van der Waals surface area contributed by atoms with Crippen LogP contribution in [-0.4, -0.2) is 37.7 Å². The molecule has 1 aromatic rings. The summed E-state index contributed by atoms with van der Waals surface area (Å²) >= 11 is 0. The van der Waals surface area contributed by atoms with Crippen molar-refractivity contribution in [3.05, 3.63) is 18.2 Å². The van der Waals surface area contributed by atoms with Gasteiger partial charge >= 0.3 is 0 Å². The van der Waals surface area contributed by atoms with Crippen molar-refractivity contribution in [3.63, 3.8) is 0 Å². The van der Waals surface area contributed by atoms with Gasteiger partial charge in [-0.2, -0.15) is 0 Å². The van der Waals surface area contributed by atoms with Crippen molar-refractivity contribution in [3.8, 4) is 0 Å². The van der Waals surface area contributed by atoms with Gasteiger partial charge in [0.15, 0.2) is 0 Å². The van der Waals surface area contributed by atoms with E-state index in [2.05, 4.69) is 14.5 Å². The highest BCUT2D eigenvalue weighted by atomic mass is 16.3. The number of aromatic nitrogens is 2. The smallest absolute Gasteiger partial charge is 0.0951 e. The number of piperidine rings is 1. The number of fused-ring (bicyclic) bond motifs is 2. The van der Waals surface area contributed by atoms with Gasteiger partial charge in [0.1, 0.15) is 0 Å². The van der Waals surface area contributed by atoms with E-state index in [1.807, 2.05) is 12.5 Å². The summed E-state index contributed by atoms with van der Waals surface area (Å²) < 4.78 is 2.37. The van der Waals surface area contributed by atoms with Gasteiger partial charge in [0.25, 0.3) is 0 Å². The van der Waals surface area contributed by atoms with Gasteiger partial charge in [0.2, 0.25) is 0 Å². The predicted octanol–water partition coefficient (Wildman–Crippen LogP) is 1.71. The molecular weight excluding hydrogens is 226 g/mol. The van der Waals surface area contributed by atoms with Gasteiger partial charge in [-0.05, 0) is 38.5 Å². The van der Waals surface area contributed by atoms with Gasteiger partial charge < -0.3 is 9.67 Å². The predicted molar refractivity (Wildman–Crippen MR) is 68.1 cm³/mol. The van der Waals surface area contributed by atoms with Crippen molar-refractivity contribution in [2.45, 2.75) is 69.3 Å². The first-order valence-electron chi connectivity index (χ1n) is 7.26. The molecule has 1 aliphatic carbocycles. The summed E-state index contributed by atoms with van der Waals surface area (Å²) in [7, 11) is 0. The van der Waals surface area contributed by atoms with Gasteiger partial charge in [0, 0.05) is 30.9 Å². The van der Waals surface area contributed by atoms with Crippen molar-refractivity contribution in [1.82, 2.24) is 14.5 Å². The summed E-state index contributed by atoms with van der Waals surface area (Å²) in [4.78, 5) is 6.93. The third-order valence-corrected chi connectivity index (χ3v) is 4.89. The van der Waals surface area contributed by atoms with Crippen LogP contribution in [0.15, 0.2) is 12.5 Å². The summed E-state index contributed by atoms with van der Waals surface area (Å²) in [5.74, 6) is 0. The Morgan fingerprint density at radius 2 is 1.78 bits per heavy atom. The van der Waals surface area contributed by atoms with Gasteiger partial charge in [-0.1, -0.05) is 0 Å². The zero-order valence-electron chi connectivity index (χ0n) is 10.7. The molecule has 1 saturated carbocycles. The molecule has 18 heavy (non-hydrogen) atoms. The van der Waals surface area contributed by atoms with E-state index < -0.39 is 0 Å².